The van der Waals surface area contributed by atoms with E-state index in [1.54, 1.807) is 32.3 Å². The molecule has 5 N–H and O–H groups in total. The summed E-state index contributed by atoms with van der Waals surface area (Å²) in [5.41, 5.74) is 6.60. The topological polar surface area (TPSA) is 98.8 Å². The fourth-order valence-corrected chi connectivity index (χ4v) is 1.79. The molecule has 1 aromatic carbocycles. The minimum Gasteiger partial charge on any atom is -0.397 e. The summed E-state index contributed by atoms with van der Waals surface area (Å²) >= 11 is 0. The van der Waals surface area contributed by atoms with Gasteiger partial charge in [0, 0.05) is 19.7 Å². The zero-order chi connectivity index (χ0) is 15.3. The molecule has 0 saturated carbocycles. The lowest BCUT2D eigenvalue weighted by atomic mass is 9.97. The van der Waals surface area contributed by atoms with Crippen LogP contribution in [0.2, 0.25) is 0 Å². The van der Waals surface area contributed by atoms with Crippen molar-refractivity contribution in [3.8, 4) is 0 Å². The van der Waals surface area contributed by atoms with Crippen LogP contribution in [0.4, 0.5) is 11.4 Å². The van der Waals surface area contributed by atoms with Gasteiger partial charge in [0.15, 0.2) is 0 Å². The summed E-state index contributed by atoms with van der Waals surface area (Å²) < 4.78 is 0. The molecule has 1 amide bonds. The molecule has 0 aliphatic heterocycles. The van der Waals surface area contributed by atoms with Gasteiger partial charge in [0.25, 0.3) is 5.91 Å². The number of hydrogen-bond acceptors (Lipinski definition) is 5. The maximum Gasteiger partial charge on any atom is 0.253 e. The second-order valence-corrected chi connectivity index (χ2v) is 5.08. The molecule has 0 radical (unpaired) electrons. The lowest BCUT2D eigenvalue weighted by Gasteiger charge is -2.31. The molecule has 1 rings (SSSR count). The van der Waals surface area contributed by atoms with Crippen LogP contribution in [0.25, 0.3) is 0 Å². The number of carbonyl (C=O) groups excluding carboxylic acids is 1. The number of hydrogen-bond donors (Lipinski definition) is 4. The highest BCUT2D eigenvalue weighted by molar-refractivity contribution is 5.95. The van der Waals surface area contributed by atoms with Crippen molar-refractivity contribution in [3.05, 3.63) is 23.8 Å². The van der Waals surface area contributed by atoms with E-state index >= 15 is 0 Å². The number of benzene rings is 1. The molecular weight excluding hydrogens is 258 g/mol. The van der Waals surface area contributed by atoms with Gasteiger partial charge >= 0.3 is 0 Å². The smallest absolute Gasteiger partial charge is 0.253 e. The van der Waals surface area contributed by atoms with Crippen molar-refractivity contribution in [2.24, 2.45) is 0 Å². The summed E-state index contributed by atoms with van der Waals surface area (Å²) in [6, 6.07) is 4.93. The standard InChI is InChI=1S/C14H23N3O3/c1-4-14(8-18,9-19)16-12-6-5-10(7-11(12)15)13(20)17(2)3/h5-7,16,18-19H,4,8-9,15H2,1-3H3. The van der Waals surface area contributed by atoms with E-state index in [4.69, 9.17) is 5.73 Å². The molecule has 6 heteroatoms. The summed E-state index contributed by atoms with van der Waals surface area (Å²) in [5, 5.41) is 21.9. The van der Waals surface area contributed by atoms with E-state index in [9.17, 15) is 15.0 Å². The molecule has 0 saturated heterocycles. The SMILES string of the molecule is CCC(CO)(CO)Nc1ccc(C(=O)N(C)C)cc1N. The predicted molar refractivity (Wildman–Crippen MR) is 79.7 cm³/mol. The van der Waals surface area contributed by atoms with Crippen LogP contribution in [0.5, 0.6) is 0 Å². The predicted octanol–water partition coefficient (Wildman–Crippen LogP) is 0.516. The Labute approximate surface area is 119 Å². The summed E-state index contributed by atoms with van der Waals surface area (Å²) in [6.07, 6.45) is 0.540. The summed E-state index contributed by atoms with van der Waals surface area (Å²) in [7, 11) is 3.34. The molecule has 0 bridgehead atoms. The van der Waals surface area contributed by atoms with E-state index in [-0.39, 0.29) is 19.1 Å². The van der Waals surface area contributed by atoms with Crippen molar-refractivity contribution >= 4 is 17.3 Å². The zero-order valence-corrected chi connectivity index (χ0v) is 12.2. The molecule has 0 spiro atoms. The molecule has 20 heavy (non-hydrogen) atoms. The first kappa shape index (κ1) is 16.3. The van der Waals surface area contributed by atoms with Crippen LogP contribution in [0, 0.1) is 0 Å². The van der Waals surface area contributed by atoms with Crippen LogP contribution >= 0.6 is 0 Å². The van der Waals surface area contributed by atoms with Crippen LogP contribution in [0.15, 0.2) is 18.2 Å². The van der Waals surface area contributed by atoms with Gasteiger partial charge in [-0.05, 0) is 24.6 Å². The zero-order valence-electron chi connectivity index (χ0n) is 12.2. The number of rotatable bonds is 6. The Hall–Kier alpha value is -1.79. The number of nitrogens with one attached hydrogen (secondary N) is 1. The average molecular weight is 281 g/mol. The normalized spacial score (nSPS) is 11.2. The van der Waals surface area contributed by atoms with Gasteiger partial charge in [-0.3, -0.25) is 4.79 Å². The second kappa shape index (κ2) is 6.58. The molecular formula is C14H23N3O3. The van der Waals surface area contributed by atoms with E-state index in [0.29, 0.717) is 23.4 Å². The molecule has 0 unspecified atom stereocenters. The lowest BCUT2D eigenvalue weighted by Crippen LogP contribution is -2.45. The Kier molecular flexibility index (Phi) is 5.35. The number of nitrogens with two attached hydrogens (primary N) is 1. The average Bonchev–Trinajstić information content (AvgIpc) is 2.45. The molecule has 0 aliphatic carbocycles. The highest BCUT2D eigenvalue weighted by atomic mass is 16.3. The number of carbonyl (C=O) groups is 1. The first-order valence-corrected chi connectivity index (χ1v) is 6.50. The highest BCUT2D eigenvalue weighted by Gasteiger charge is 2.27. The minimum atomic E-state index is -0.818. The van der Waals surface area contributed by atoms with Gasteiger partial charge < -0.3 is 26.2 Å². The van der Waals surface area contributed by atoms with E-state index < -0.39 is 5.54 Å². The number of amides is 1. The van der Waals surface area contributed by atoms with E-state index in [2.05, 4.69) is 5.32 Å². The van der Waals surface area contributed by atoms with Crippen LogP contribution in [0.3, 0.4) is 0 Å². The third kappa shape index (κ3) is 3.40. The Morgan fingerprint density at radius 3 is 2.35 bits per heavy atom. The fraction of sp³-hybridized carbons (Fsp3) is 0.500. The van der Waals surface area contributed by atoms with Gasteiger partial charge in [0.05, 0.1) is 30.1 Å². The molecule has 0 heterocycles. The summed E-state index contributed by atoms with van der Waals surface area (Å²) in [4.78, 5) is 13.3. The highest BCUT2D eigenvalue weighted by Crippen LogP contribution is 2.25. The third-order valence-corrected chi connectivity index (χ3v) is 3.39. The molecule has 112 valence electrons. The van der Waals surface area contributed by atoms with Gasteiger partial charge in [0.2, 0.25) is 0 Å². The van der Waals surface area contributed by atoms with E-state index in [0.717, 1.165) is 0 Å². The Bertz CT molecular complexity index is 462. The lowest BCUT2D eigenvalue weighted by molar-refractivity contribution is 0.0827. The van der Waals surface area contributed by atoms with Crippen molar-refractivity contribution in [1.82, 2.24) is 4.90 Å². The summed E-state index contributed by atoms with van der Waals surface area (Å²) in [5.74, 6) is -0.130. The van der Waals surface area contributed by atoms with Gasteiger partial charge in [-0.25, -0.2) is 0 Å². The van der Waals surface area contributed by atoms with Crippen molar-refractivity contribution in [2.45, 2.75) is 18.9 Å². The molecule has 6 nitrogen and oxygen atoms in total. The molecule has 0 aliphatic rings. The van der Waals surface area contributed by atoms with Gasteiger partial charge in [-0.2, -0.15) is 0 Å². The monoisotopic (exact) mass is 281 g/mol. The van der Waals surface area contributed by atoms with Crippen LogP contribution in [-0.4, -0.2) is 53.9 Å². The maximum absolute atomic E-state index is 11.8. The minimum absolute atomic E-state index is 0.130. The number of aliphatic hydroxyl groups excluding tert-OH is 2. The van der Waals surface area contributed by atoms with E-state index in [1.807, 2.05) is 6.92 Å². The number of nitrogens with zero attached hydrogens (tertiary/aromatic N) is 1. The van der Waals surface area contributed by atoms with E-state index in [1.165, 1.54) is 4.90 Å². The third-order valence-electron chi connectivity index (χ3n) is 3.39. The van der Waals surface area contributed by atoms with Crippen molar-refractivity contribution in [2.75, 3.05) is 38.4 Å². The number of nitrogen functional groups attached to an aromatic ring is 1. The Morgan fingerprint density at radius 1 is 1.35 bits per heavy atom. The quantitative estimate of drug-likeness (QED) is 0.570. The first-order chi connectivity index (χ1) is 9.39. The summed E-state index contributed by atoms with van der Waals surface area (Å²) in [6.45, 7) is 1.44. The van der Waals surface area contributed by atoms with Crippen LogP contribution in [-0.2, 0) is 0 Å². The van der Waals surface area contributed by atoms with Gasteiger partial charge in [0.1, 0.15) is 0 Å². The van der Waals surface area contributed by atoms with Crippen molar-refractivity contribution in [1.29, 1.82) is 0 Å². The van der Waals surface area contributed by atoms with Gasteiger partial charge in [-0.1, -0.05) is 6.92 Å². The van der Waals surface area contributed by atoms with Crippen molar-refractivity contribution in [3.63, 3.8) is 0 Å². The second-order valence-electron chi connectivity index (χ2n) is 5.08. The Morgan fingerprint density at radius 2 is 1.95 bits per heavy atom. The molecule has 0 fully saturated rings. The largest absolute Gasteiger partial charge is 0.397 e. The molecule has 0 atom stereocenters. The number of aliphatic hydroxyl groups is 2. The first-order valence-electron chi connectivity index (χ1n) is 6.50. The van der Waals surface area contributed by atoms with Crippen molar-refractivity contribution < 1.29 is 15.0 Å². The molecule has 0 aromatic heterocycles. The fourth-order valence-electron chi connectivity index (χ4n) is 1.79. The van der Waals surface area contributed by atoms with Crippen LogP contribution in [0.1, 0.15) is 23.7 Å². The van der Waals surface area contributed by atoms with Crippen LogP contribution < -0.4 is 11.1 Å². The molecule has 1 aromatic rings. The number of anilines is 2. The van der Waals surface area contributed by atoms with Gasteiger partial charge in [-0.15, -0.1) is 0 Å². The maximum atomic E-state index is 11.8. The Balaban J connectivity index is 3.02.